The molecule has 19 aromatic rings. The van der Waals surface area contributed by atoms with Crippen LogP contribution in [-0.4, -0.2) is 24.1 Å². The van der Waals surface area contributed by atoms with Crippen LogP contribution in [0.1, 0.15) is 0 Å². The predicted octanol–water partition coefficient (Wildman–Crippen LogP) is 24.5. The number of aromatic nitrogens is 5. The Morgan fingerprint density at radius 1 is 0.194 bits per heavy atom. The van der Waals surface area contributed by atoms with E-state index in [1.165, 1.54) is 60.1 Å². The van der Waals surface area contributed by atoms with Crippen LogP contribution in [0.5, 0.6) is 0 Å². The molecular weight excluding hydrogens is 1190 g/mol. The molecule has 0 aliphatic heterocycles. The molecule has 3 aromatic heterocycles. The first-order valence-electron chi connectivity index (χ1n) is 33.5. The molecule has 0 spiro atoms. The summed E-state index contributed by atoms with van der Waals surface area (Å²) in [5, 5.41) is 11.6. The lowest BCUT2D eigenvalue weighted by molar-refractivity contribution is 0.953. The van der Waals surface area contributed by atoms with Crippen LogP contribution in [-0.2, 0) is 0 Å². The summed E-state index contributed by atoms with van der Waals surface area (Å²) < 4.78 is 4.73. The summed E-state index contributed by atoms with van der Waals surface area (Å²) in [6.07, 6.45) is 0. The zero-order valence-corrected chi connectivity index (χ0v) is 53.3. The second-order valence-electron chi connectivity index (χ2n) is 25.4. The third-order valence-electron chi connectivity index (χ3n) is 19.7. The molecule has 0 unspecified atom stereocenters. The van der Waals surface area contributed by atoms with Gasteiger partial charge >= 0.3 is 0 Å². The maximum Gasteiger partial charge on any atom is 0.238 e. The fourth-order valence-corrected chi connectivity index (χ4v) is 15.1. The quantitative estimate of drug-likeness (QED) is 0.130. The Morgan fingerprint density at radius 2 is 0.612 bits per heavy atom. The predicted molar refractivity (Wildman–Crippen MR) is 410 cm³/mol. The van der Waals surface area contributed by atoms with Crippen molar-refractivity contribution in [3.8, 4) is 112 Å². The van der Waals surface area contributed by atoms with E-state index < -0.39 is 0 Å². The molecule has 5 heteroatoms. The molecule has 0 atom stereocenters. The molecule has 98 heavy (non-hydrogen) atoms. The van der Waals surface area contributed by atoms with Crippen molar-refractivity contribution >= 4 is 75.9 Å². The van der Waals surface area contributed by atoms with Gasteiger partial charge in [0.15, 0.2) is 11.6 Å². The highest BCUT2D eigenvalue weighted by molar-refractivity contribution is 6.24. The molecule has 0 N–H and O–H groups in total. The fourth-order valence-electron chi connectivity index (χ4n) is 15.1. The molecule has 3 heterocycles. The number of nitrogens with zero attached hydrogens (tertiary/aromatic N) is 5. The molecule has 0 saturated carbocycles. The van der Waals surface area contributed by atoms with E-state index in [0.29, 0.717) is 17.6 Å². The SMILES string of the molecule is c1ccc(-c2cc(-c3ccccc3)cc(-c3cc(-c4ccc5c(c4)c4ccc6c7ccccc7n(-c7nc(-c8ccccc8)nc(-c8ccccc8)n7)c6c4n5-c4ccccc4)cc(-c4c(-c5cccc6ccccc56)ccc5ccc(-c6cccc7ccccc67)cc45)c3)c2)cc1. The Kier molecular flexibility index (Phi) is 13.5. The third kappa shape index (κ3) is 9.66. The Hall–Kier alpha value is -13.1. The third-order valence-corrected chi connectivity index (χ3v) is 19.7. The van der Waals surface area contributed by atoms with Crippen LogP contribution < -0.4 is 0 Å². The summed E-state index contributed by atoms with van der Waals surface area (Å²) in [6.45, 7) is 0. The molecule has 0 saturated heterocycles. The zero-order valence-electron chi connectivity index (χ0n) is 53.3. The van der Waals surface area contributed by atoms with Crippen molar-refractivity contribution in [3.63, 3.8) is 0 Å². The summed E-state index contributed by atoms with van der Waals surface area (Å²) in [6, 6.07) is 130. The zero-order chi connectivity index (χ0) is 64.6. The normalized spacial score (nSPS) is 11.7. The van der Waals surface area contributed by atoms with Gasteiger partial charge in [0.1, 0.15) is 0 Å². The van der Waals surface area contributed by atoms with Gasteiger partial charge in [-0.1, -0.05) is 285 Å². The summed E-state index contributed by atoms with van der Waals surface area (Å²) in [4.78, 5) is 16.0. The maximum atomic E-state index is 5.42. The van der Waals surface area contributed by atoms with E-state index in [9.17, 15) is 0 Å². The Labute approximate surface area is 566 Å². The van der Waals surface area contributed by atoms with Gasteiger partial charge in [-0.2, -0.15) is 9.97 Å². The number of hydrogen-bond donors (Lipinski definition) is 0. The minimum absolute atomic E-state index is 0.540. The summed E-state index contributed by atoms with van der Waals surface area (Å²) in [5.41, 5.74) is 23.1. The van der Waals surface area contributed by atoms with E-state index in [-0.39, 0.29) is 0 Å². The summed E-state index contributed by atoms with van der Waals surface area (Å²) >= 11 is 0. The van der Waals surface area contributed by atoms with Crippen LogP contribution in [0.15, 0.2) is 358 Å². The van der Waals surface area contributed by atoms with Gasteiger partial charge in [-0.15, -0.1) is 0 Å². The van der Waals surface area contributed by atoms with Crippen LogP contribution in [0.2, 0.25) is 0 Å². The fraction of sp³-hybridized carbons (Fsp3) is 0. The van der Waals surface area contributed by atoms with Crippen molar-refractivity contribution in [1.82, 2.24) is 24.1 Å². The van der Waals surface area contributed by atoms with Crippen molar-refractivity contribution < 1.29 is 0 Å². The second kappa shape index (κ2) is 23.4. The number of hydrogen-bond acceptors (Lipinski definition) is 3. The number of para-hydroxylation sites is 2. The van der Waals surface area contributed by atoms with Crippen LogP contribution >= 0.6 is 0 Å². The number of rotatable bonds is 11. The van der Waals surface area contributed by atoms with E-state index in [0.717, 1.165) is 110 Å². The molecular formula is C93H59N5. The Bertz CT molecular complexity index is 6200. The van der Waals surface area contributed by atoms with Crippen LogP contribution in [0.3, 0.4) is 0 Å². The highest BCUT2D eigenvalue weighted by Crippen LogP contribution is 2.48. The van der Waals surface area contributed by atoms with Crippen LogP contribution in [0, 0.1) is 0 Å². The molecule has 0 fully saturated rings. The van der Waals surface area contributed by atoms with E-state index in [4.69, 9.17) is 15.0 Å². The Balaban J connectivity index is 0.905. The number of fused-ring (bicyclic) bond motifs is 10. The lowest BCUT2D eigenvalue weighted by Crippen LogP contribution is -2.07. The minimum Gasteiger partial charge on any atom is -0.307 e. The van der Waals surface area contributed by atoms with Crippen molar-refractivity contribution in [1.29, 1.82) is 0 Å². The lowest BCUT2D eigenvalue weighted by atomic mass is 9.84. The molecule has 5 nitrogen and oxygen atoms in total. The first-order valence-corrected chi connectivity index (χ1v) is 33.5. The first kappa shape index (κ1) is 56.5. The van der Waals surface area contributed by atoms with Crippen molar-refractivity contribution in [3.05, 3.63) is 358 Å². The molecule has 0 aliphatic carbocycles. The van der Waals surface area contributed by atoms with Crippen molar-refractivity contribution in [2.45, 2.75) is 0 Å². The average Bonchev–Trinajstić information content (AvgIpc) is 1.54. The standard InChI is InChI=1S/C93H59N5/c1-6-24-60(25-7-1)69-52-70(61-26-8-2-9-27-61)54-72(53-69)73-55-71(56-74(57-73)88-81(79-42-23-35-63-29-17-19-39-77(63)79)48-46-64-44-45-68(59-84(64)88)78-41-22-34-62-28-16-18-38-76(62)78)67-47-51-87-85(58-67)83-50-49-82-80-40-20-21-43-86(80)98(90(82)89(83)97(87)75-36-14-5-15-37-75)93-95-91(65-30-10-3-11-31-65)94-92(96-93)66-32-12-4-13-33-66/h1-59H. The van der Waals surface area contributed by atoms with Gasteiger partial charge in [0.2, 0.25) is 5.95 Å². The van der Waals surface area contributed by atoms with E-state index >= 15 is 0 Å². The molecule has 16 aromatic carbocycles. The molecule has 0 aliphatic rings. The van der Waals surface area contributed by atoms with Crippen LogP contribution in [0.4, 0.5) is 0 Å². The van der Waals surface area contributed by atoms with Crippen molar-refractivity contribution in [2.24, 2.45) is 0 Å². The highest BCUT2D eigenvalue weighted by Gasteiger charge is 2.26. The van der Waals surface area contributed by atoms with Gasteiger partial charge in [-0.3, -0.25) is 4.57 Å². The van der Waals surface area contributed by atoms with Gasteiger partial charge in [0.25, 0.3) is 0 Å². The van der Waals surface area contributed by atoms with Gasteiger partial charge < -0.3 is 4.57 Å². The molecule has 0 amide bonds. The van der Waals surface area contributed by atoms with Crippen LogP contribution in [0.25, 0.3) is 188 Å². The minimum atomic E-state index is 0.540. The Morgan fingerprint density at radius 3 is 1.22 bits per heavy atom. The first-order chi connectivity index (χ1) is 48.6. The highest BCUT2D eigenvalue weighted by atomic mass is 15.2. The smallest absolute Gasteiger partial charge is 0.238 e. The maximum absolute atomic E-state index is 5.42. The largest absolute Gasteiger partial charge is 0.307 e. The van der Waals surface area contributed by atoms with Gasteiger partial charge in [0.05, 0.1) is 22.1 Å². The molecule has 0 bridgehead atoms. The summed E-state index contributed by atoms with van der Waals surface area (Å²) in [5.74, 6) is 1.74. The molecule has 0 radical (unpaired) electrons. The summed E-state index contributed by atoms with van der Waals surface area (Å²) in [7, 11) is 0. The van der Waals surface area contributed by atoms with E-state index in [1.54, 1.807) is 0 Å². The number of benzene rings is 16. The second-order valence-corrected chi connectivity index (χ2v) is 25.4. The lowest BCUT2D eigenvalue weighted by Gasteiger charge is -2.20. The van der Waals surface area contributed by atoms with Gasteiger partial charge in [-0.05, 0) is 183 Å². The van der Waals surface area contributed by atoms with E-state index in [2.05, 4.69) is 331 Å². The topological polar surface area (TPSA) is 48.5 Å². The van der Waals surface area contributed by atoms with Gasteiger partial charge in [-0.25, -0.2) is 4.98 Å². The average molecular weight is 1250 g/mol. The molecule has 456 valence electrons. The molecule has 19 rings (SSSR count). The van der Waals surface area contributed by atoms with E-state index in [1.807, 2.05) is 36.4 Å². The van der Waals surface area contributed by atoms with Crippen molar-refractivity contribution in [2.75, 3.05) is 0 Å². The van der Waals surface area contributed by atoms with Gasteiger partial charge in [0, 0.05) is 38.4 Å². The monoisotopic (exact) mass is 1250 g/mol.